The van der Waals surface area contributed by atoms with Crippen LogP contribution in [0.15, 0.2) is 29.2 Å². The fraction of sp³-hybridized carbons (Fsp3) is 0.556. The number of carbonyl (C=O) groups excluding carboxylic acids is 2. The topological polar surface area (TPSA) is 84.0 Å². The first kappa shape index (κ1) is 18.8. The highest BCUT2D eigenvalue weighted by Crippen LogP contribution is 2.39. The minimum atomic E-state index is -3.64. The van der Waals surface area contributed by atoms with Crippen molar-refractivity contribution in [1.29, 1.82) is 0 Å². The summed E-state index contributed by atoms with van der Waals surface area (Å²) in [6.45, 7) is 5.45. The van der Waals surface area contributed by atoms with E-state index < -0.39 is 16.0 Å². The number of ether oxygens (including phenoxy) is 1. The number of carbonyl (C=O) groups is 2. The maximum Gasteiger partial charge on any atom is 0.338 e. The summed E-state index contributed by atoms with van der Waals surface area (Å²) in [5.41, 5.74) is 0.319. The Morgan fingerprint density at radius 1 is 1.12 bits per heavy atom. The van der Waals surface area contributed by atoms with E-state index in [1.165, 1.54) is 28.6 Å². The Kier molecular flexibility index (Phi) is 5.34. The molecule has 1 aliphatic heterocycles. The molecule has 1 aromatic carbocycles. The summed E-state index contributed by atoms with van der Waals surface area (Å²) in [5.74, 6) is 0.238. The number of esters is 1. The maximum atomic E-state index is 12.8. The number of hydrogen-bond donors (Lipinski definition) is 0. The molecule has 0 bridgehead atoms. The van der Waals surface area contributed by atoms with Gasteiger partial charge in [0.05, 0.1) is 17.1 Å². The van der Waals surface area contributed by atoms with Gasteiger partial charge >= 0.3 is 5.97 Å². The Morgan fingerprint density at radius 3 is 2.19 bits per heavy atom. The summed E-state index contributed by atoms with van der Waals surface area (Å²) < 4.78 is 31.8. The van der Waals surface area contributed by atoms with E-state index in [1.807, 2.05) is 0 Å². The van der Waals surface area contributed by atoms with Crippen LogP contribution in [0.2, 0.25) is 0 Å². The van der Waals surface area contributed by atoms with Crippen LogP contribution in [0.25, 0.3) is 0 Å². The maximum absolute atomic E-state index is 12.8. The lowest BCUT2D eigenvalue weighted by molar-refractivity contribution is -0.134. The predicted molar refractivity (Wildman–Crippen MR) is 95.0 cm³/mol. The summed E-state index contributed by atoms with van der Waals surface area (Å²) in [4.78, 5) is 25.8. The van der Waals surface area contributed by atoms with E-state index in [1.54, 1.807) is 11.8 Å². The third-order valence-electron chi connectivity index (χ3n) is 4.98. The molecule has 0 aromatic heterocycles. The minimum Gasteiger partial charge on any atom is -0.462 e. The zero-order chi connectivity index (χ0) is 18.9. The first-order valence-corrected chi connectivity index (χ1v) is 10.3. The Labute approximate surface area is 154 Å². The van der Waals surface area contributed by atoms with Crippen LogP contribution in [-0.2, 0) is 19.6 Å². The van der Waals surface area contributed by atoms with Crippen LogP contribution in [0, 0.1) is 11.8 Å². The fourth-order valence-corrected chi connectivity index (χ4v) is 4.60. The van der Waals surface area contributed by atoms with Gasteiger partial charge in [-0.1, -0.05) is 6.92 Å². The molecule has 3 rings (SSSR count). The average molecular weight is 380 g/mol. The van der Waals surface area contributed by atoms with Crippen molar-refractivity contribution in [3.05, 3.63) is 29.8 Å². The molecule has 0 unspecified atom stereocenters. The predicted octanol–water partition coefficient (Wildman–Crippen LogP) is 1.35. The van der Waals surface area contributed by atoms with Crippen molar-refractivity contribution < 1.29 is 22.7 Å². The molecule has 26 heavy (non-hydrogen) atoms. The summed E-state index contributed by atoms with van der Waals surface area (Å²) >= 11 is 0. The lowest BCUT2D eigenvalue weighted by Crippen LogP contribution is -2.51. The quantitative estimate of drug-likeness (QED) is 0.720. The number of benzene rings is 1. The van der Waals surface area contributed by atoms with Crippen molar-refractivity contribution in [2.75, 3.05) is 32.8 Å². The second-order valence-electron chi connectivity index (χ2n) is 6.79. The second kappa shape index (κ2) is 7.36. The van der Waals surface area contributed by atoms with E-state index in [0.29, 0.717) is 24.6 Å². The van der Waals surface area contributed by atoms with Crippen LogP contribution in [0.4, 0.5) is 0 Å². The largest absolute Gasteiger partial charge is 0.462 e. The van der Waals surface area contributed by atoms with Crippen LogP contribution in [0.3, 0.4) is 0 Å². The molecule has 2 fully saturated rings. The standard InChI is InChI=1S/C18H24N2O5S/c1-3-25-18(22)14-4-6-15(7-5-14)26(23,24)20-10-8-19(9-11-20)17(21)16-12-13(16)2/h4-7,13,16H,3,8-12H2,1-2H3/t13-,16-/m0/s1. The van der Waals surface area contributed by atoms with Gasteiger partial charge in [-0.15, -0.1) is 0 Å². The SMILES string of the molecule is CCOC(=O)c1ccc(S(=O)(=O)N2CCN(C(=O)[C@H]3C[C@@H]3C)CC2)cc1. The molecule has 0 N–H and O–H groups in total. The van der Waals surface area contributed by atoms with Gasteiger partial charge < -0.3 is 9.64 Å². The molecule has 1 aliphatic carbocycles. The molecule has 2 aliphatic rings. The molecule has 2 atom stereocenters. The number of nitrogens with zero attached hydrogens (tertiary/aromatic N) is 2. The Morgan fingerprint density at radius 2 is 1.69 bits per heavy atom. The first-order valence-electron chi connectivity index (χ1n) is 8.90. The number of piperazine rings is 1. The van der Waals surface area contributed by atoms with E-state index in [9.17, 15) is 18.0 Å². The van der Waals surface area contributed by atoms with Crippen LogP contribution >= 0.6 is 0 Å². The number of sulfonamides is 1. The molecular formula is C18H24N2O5S. The van der Waals surface area contributed by atoms with Gasteiger partial charge in [0.15, 0.2) is 0 Å². The average Bonchev–Trinajstić information content (AvgIpc) is 3.38. The van der Waals surface area contributed by atoms with Crippen molar-refractivity contribution >= 4 is 21.9 Å². The minimum absolute atomic E-state index is 0.119. The van der Waals surface area contributed by atoms with Crippen LogP contribution in [-0.4, -0.2) is 62.3 Å². The Balaban J connectivity index is 1.63. The van der Waals surface area contributed by atoms with Crippen molar-refractivity contribution in [1.82, 2.24) is 9.21 Å². The van der Waals surface area contributed by atoms with Gasteiger partial charge in [0.2, 0.25) is 15.9 Å². The smallest absolute Gasteiger partial charge is 0.338 e. The lowest BCUT2D eigenvalue weighted by atomic mass is 10.2. The molecule has 1 saturated carbocycles. The van der Waals surface area contributed by atoms with E-state index in [0.717, 1.165) is 6.42 Å². The van der Waals surface area contributed by atoms with E-state index in [2.05, 4.69) is 6.92 Å². The third-order valence-corrected chi connectivity index (χ3v) is 6.89. The van der Waals surface area contributed by atoms with Crippen molar-refractivity contribution in [3.8, 4) is 0 Å². The lowest BCUT2D eigenvalue weighted by Gasteiger charge is -2.34. The van der Waals surface area contributed by atoms with Gasteiger partial charge in [0, 0.05) is 32.1 Å². The Bertz CT molecular complexity index is 782. The molecule has 1 amide bonds. The third kappa shape index (κ3) is 3.76. The summed E-state index contributed by atoms with van der Waals surface area (Å²) in [5, 5.41) is 0. The Hall–Kier alpha value is -1.93. The van der Waals surface area contributed by atoms with E-state index >= 15 is 0 Å². The molecule has 7 nitrogen and oxygen atoms in total. The number of amides is 1. The fourth-order valence-electron chi connectivity index (χ4n) is 3.18. The van der Waals surface area contributed by atoms with Crippen LogP contribution in [0.1, 0.15) is 30.6 Å². The van der Waals surface area contributed by atoms with E-state index in [-0.39, 0.29) is 36.4 Å². The molecule has 0 radical (unpaired) electrons. The molecule has 1 saturated heterocycles. The van der Waals surface area contributed by atoms with Gasteiger partial charge in [-0.05, 0) is 43.5 Å². The zero-order valence-electron chi connectivity index (χ0n) is 15.1. The summed E-state index contributed by atoms with van der Waals surface area (Å²) in [6, 6.07) is 5.76. The van der Waals surface area contributed by atoms with Crippen molar-refractivity contribution in [2.45, 2.75) is 25.2 Å². The normalized spacial score (nSPS) is 23.5. The van der Waals surface area contributed by atoms with Gasteiger partial charge in [0.1, 0.15) is 0 Å². The second-order valence-corrected chi connectivity index (χ2v) is 8.73. The molecule has 8 heteroatoms. The van der Waals surface area contributed by atoms with Crippen LogP contribution in [0.5, 0.6) is 0 Å². The van der Waals surface area contributed by atoms with Gasteiger partial charge in [-0.2, -0.15) is 4.31 Å². The van der Waals surface area contributed by atoms with Crippen molar-refractivity contribution in [3.63, 3.8) is 0 Å². The highest BCUT2D eigenvalue weighted by atomic mass is 32.2. The van der Waals surface area contributed by atoms with Crippen molar-refractivity contribution in [2.24, 2.45) is 11.8 Å². The summed E-state index contributed by atoms with van der Waals surface area (Å²) in [7, 11) is -3.64. The molecule has 0 spiro atoms. The highest BCUT2D eigenvalue weighted by Gasteiger charge is 2.42. The monoisotopic (exact) mass is 380 g/mol. The first-order chi connectivity index (χ1) is 12.3. The molecule has 1 heterocycles. The van der Waals surface area contributed by atoms with E-state index in [4.69, 9.17) is 4.74 Å². The molecule has 1 aromatic rings. The number of rotatable bonds is 5. The summed E-state index contributed by atoms with van der Waals surface area (Å²) in [6.07, 6.45) is 0.935. The van der Waals surface area contributed by atoms with Crippen LogP contribution < -0.4 is 0 Å². The molecule has 142 valence electrons. The molecular weight excluding hydrogens is 356 g/mol. The van der Waals surface area contributed by atoms with Gasteiger partial charge in [-0.25, -0.2) is 13.2 Å². The van der Waals surface area contributed by atoms with Gasteiger partial charge in [0.25, 0.3) is 0 Å². The van der Waals surface area contributed by atoms with Gasteiger partial charge in [-0.3, -0.25) is 4.79 Å². The highest BCUT2D eigenvalue weighted by molar-refractivity contribution is 7.89. The number of hydrogen-bond acceptors (Lipinski definition) is 5. The zero-order valence-corrected chi connectivity index (χ0v) is 15.9.